The molecule has 2 amide bonds. The molecule has 0 fully saturated rings. The maximum atomic E-state index is 13.5. The molecule has 5 nitrogen and oxygen atoms in total. The van der Waals surface area contributed by atoms with Gasteiger partial charge in [0.15, 0.2) is 6.61 Å². The Balaban J connectivity index is 1.85. The maximum Gasteiger partial charge on any atom is 0.261 e. The molecule has 3 rings (SSSR count). The fourth-order valence-electron chi connectivity index (χ4n) is 3.81. The van der Waals surface area contributed by atoms with Crippen molar-refractivity contribution in [2.24, 2.45) is 0 Å². The Morgan fingerprint density at radius 3 is 2.17 bits per heavy atom. The lowest BCUT2D eigenvalue weighted by Gasteiger charge is -2.31. The summed E-state index contributed by atoms with van der Waals surface area (Å²) >= 11 is 6.06. The zero-order valence-electron chi connectivity index (χ0n) is 20.5. The molecule has 3 aromatic rings. The predicted molar refractivity (Wildman–Crippen MR) is 141 cm³/mol. The Morgan fingerprint density at radius 1 is 0.914 bits per heavy atom. The molecule has 0 aliphatic heterocycles. The summed E-state index contributed by atoms with van der Waals surface area (Å²) in [6.07, 6.45) is 0.398. The number of hydrogen-bond donors (Lipinski definition) is 1. The number of likely N-dealkylation sites (N-methyl/N-ethyl adjacent to an activating group) is 1. The van der Waals surface area contributed by atoms with Crippen molar-refractivity contribution in [2.45, 2.75) is 45.7 Å². The first-order valence-electron chi connectivity index (χ1n) is 12.0. The Hall–Kier alpha value is -3.31. The van der Waals surface area contributed by atoms with Crippen LogP contribution in [0.2, 0.25) is 5.02 Å². The molecule has 0 saturated carbocycles. The van der Waals surface area contributed by atoms with E-state index in [9.17, 15) is 9.59 Å². The summed E-state index contributed by atoms with van der Waals surface area (Å²) in [5, 5.41) is 3.51. The van der Waals surface area contributed by atoms with Gasteiger partial charge >= 0.3 is 0 Å². The lowest BCUT2D eigenvalue weighted by Crippen LogP contribution is -2.51. The molecule has 0 aliphatic carbocycles. The Kier molecular flexibility index (Phi) is 9.74. The van der Waals surface area contributed by atoms with E-state index in [4.69, 9.17) is 16.3 Å². The highest BCUT2D eigenvalue weighted by Gasteiger charge is 2.30. The van der Waals surface area contributed by atoms with Crippen LogP contribution in [0, 0.1) is 0 Å². The fraction of sp³-hybridized carbons (Fsp3) is 0.310. The van der Waals surface area contributed by atoms with E-state index in [1.165, 1.54) is 5.56 Å². The van der Waals surface area contributed by atoms with Crippen LogP contribution in [-0.4, -0.2) is 35.9 Å². The van der Waals surface area contributed by atoms with Gasteiger partial charge in [-0.15, -0.1) is 0 Å². The zero-order chi connectivity index (χ0) is 25.2. The molecule has 0 radical (unpaired) electrons. The first-order valence-corrected chi connectivity index (χ1v) is 12.3. The van der Waals surface area contributed by atoms with Gasteiger partial charge in [-0.3, -0.25) is 9.59 Å². The normalized spacial score (nSPS) is 11.7. The van der Waals surface area contributed by atoms with Crippen LogP contribution in [0.4, 0.5) is 0 Å². The average molecular weight is 493 g/mol. The minimum absolute atomic E-state index is 0.167. The standard InChI is InChI=1S/C29H33ClN2O3/c1-4-31-29(34)27(18-22-8-6-5-7-9-22)32(19-23-10-14-25(30)15-11-23)28(33)20-35-26-16-12-24(13-17-26)21(2)3/h5-17,21,27H,4,18-20H2,1-3H3,(H,31,34)/t27-/m0/s1. The predicted octanol–water partition coefficient (Wildman–Crippen LogP) is 5.62. The van der Waals surface area contributed by atoms with Gasteiger partial charge in [0.2, 0.25) is 5.91 Å². The van der Waals surface area contributed by atoms with E-state index >= 15 is 0 Å². The van der Waals surface area contributed by atoms with Crippen LogP contribution in [0.1, 0.15) is 43.4 Å². The van der Waals surface area contributed by atoms with Crippen molar-refractivity contribution >= 4 is 23.4 Å². The molecule has 0 aliphatic rings. The number of nitrogens with zero attached hydrogens (tertiary/aromatic N) is 1. The highest BCUT2D eigenvalue weighted by molar-refractivity contribution is 6.30. The first kappa shape index (κ1) is 26.3. The van der Waals surface area contributed by atoms with E-state index in [-0.39, 0.29) is 25.0 Å². The van der Waals surface area contributed by atoms with Gasteiger partial charge in [0.25, 0.3) is 5.91 Å². The first-order chi connectivity index (χ1) is 16.9. The number of carbonyl (C=O) groups excluding carboxylic acids is 2. The molecule has 0 heterocycles. The molecule has 35 heavy (non-hydrogen) atoms. The maximum absolute atomic E-state index is 13.5. The molecule has 184 valence electrons. The smallest absolute Gasteiger partial charge is 0.261 e. The second-order valence-electron chi connectivity index (χ2n) is 8.76. The minimum Gasteiger partial charge on any atom is -0.484 e. The Labute approximate surface area is 213 Å². The van der Waals surface area contributed by atoms with Crippen LogP contribution in [0.15, 0.2) is 78.9 Å². The number of nitrogens with one attached hydrogen (secondary N) is 1. The van der Waals surface area contributed by atoms with Crippen molar-refractivity contribution < 1.29 is 14.3 Å². The summed E-state index contributed by atoms with van der Waals surface area (Å²) in [6.45, 7) is 6.70. The van der Waals surface area contributed by atoms with Crippen molar-refractivity contribution in [2.75, 3.05) is 13.2 Å². The van der Waals surface area contributed by atoms with Gasteiger partial charge < -0.3 is 15.0 Å². The molecule has 6 heteroatoms. The highest BCUT2D eigenvalue weighted by Crippen LogP contribution is 2.20. The van der Waals surface area contributed by atoms with Crippen molar-refractivity contribution in [1.29, 1.82) is 0 Å². The molecule has 1 atom stereocenters. The van der Waals surface area contributed by atoms with Crippen LogP contribution in [-0.2, 0) is 22.6 Å². The third kappa shape index (κ3) is 7.86. The Morgan fingerprint density at radius 2 is 1.57 bits per heavy atom. The second kappa shape index (κ2) is 13.0. The largest absolute Gasteiger partial charge is 0.484 e. The van der Waals surface area contributed by atoms with Crippen LogP contribution >= 0.6 is 11.6 Å². The third-order valence-electron chi connectivity index (χ3n) is 5.80. The second-order valence-corrected chi connectivity index (χ2v) is 9.20. The van der Waals surface area contributed by atoms with Gasteiger partial charge in [-0.2, -0.15) is 0 Å². The number of amides is 2. The topological polar surface area (TPSA) is 58.6 Å². The summed E-state index contributed by atoms with van der Waals surface area (Å²) in [7, 11) is 0. The summed E-state index contributed by atoms with van der Waals surface area (Å²) in [4.78, 5) is 28.2. The summed E-state index contributed by atoms with van der Waals surface area (Å²) in [5.41, 5.74) is 3.06. The highest BCUT2D eigenvalue weighted by atomic mass is 35.5. The summed E-state index contributed by atoms with van der Waals surface area (Å²) in [5.74, 6) is 0.572. The van der Waals surface area contributed by atoms with Gasteiger partial charge in [-0.05, 0) is 53.8 Å². The molecule has 0 unspecified atom stereocenters. The van der Waals surface area contributed by atoms with Crippen molar-refractivity contribution in [1.82, 2.24) is 10.2 Å². The van der Waals surface area contributed by atoms with Gasteiger partial charge in [0.05, 0.1) is 0 Å². The van der Waals surface area contributed by atoms with Gasteiger partial charge in [-0.25, -0.2) is 0 Å². The lowest BCUT2D eigenvalue weighted by molar-refractivity contribution is -0.142. The van der Waals surface area contributed by atoms with Gasteiger partial charge in [-0.1, -0.05) is 80.0 Å². The molecule has 0 spiro atoms. The molecular weight excluding hydrogens is 460 g/mol. The number of carbonyl (C=O) groups is 2. The van der Waals surface area contributed by atoms with Crippen molar-refractivity contribution in [3.05, 3.63) is 101 Å². The van der Waals surface area contributed by atoms with Crippen LogP contribution in [0.25, 0.3) is 0 Å². The van der Waals surface area contributed by atoms with Crippen LogP contribution in [0.5, 0.6) is 5.75 Å². The monoisotopic (exact) mass is 492 g/mol. The third-order valence-corrected chi connectivity index (χ3v) is 6.05. The number of benzene rings is 3. The number of halogens is 1. The number of rotatable bonds is 11. The minimum atomic E-state index is -0.688. The zero-order valence-corrected chi connectivity index (χ0v) is 21.3. The SMILES string of the molecule is CCNC(=O)[C@H](Cc1ccccc1)N(Cc1ccc(Cl)cc1)C(=O)COc1ccc(C(C)C)cc1. The van der Waals surface area contributed by atoms with Crippen LogP contribution < -0.4 is 10.1 Å². The molecule has 3 aromatic carbocycles. The van der Waals surface area contributed by atoms with Crippen molar-refractivity contribution in [3.8, 4) is 5.75 Å². The quantitative estimate of drug-likeness (QED) is 0.378. The van der Waals surface area contributed by atoms with Gasteiger partial charge in [0.1, 0.15) is 11.8 Å². The van der Waals surface area contributed by atoms with E-state index in [1.807, 2.05) is 73.7 Å². The molecular formula is C29H33ClN2O3. The fourth-order valence-corrected chi connectivity index (χ4v) is 3.94. The lowest BCUT2D eigenvalue weighted by atomic mass is 10.0. The molecule has 0 bridgehead atoms. The Bertz CT molecular complexity index is 1080. The molecule has 1 N–H and O–H groups in total. The van der Waals surface area contributed by atoms with Crippen LogP contribution in [0.3, 0.4) is 0 Å². The number of hydrogen-bond acceptors (Lipinski definition) is 3. The van der Waals surface area contributed by atoms with Crippen molar-refractivity contribution in [3.63, 3.8) is 0 Å². The molecule has 0 saturated heterocycles. The average Bonchev–Trinajstić information content (AvgIpc) is 2.86. The van der Waals surface area contributed by atoms with E-state index in [0.717, 1.165) is 11.1 Å². The van der Waals surface area contributed by atoms with E-state index in [0.29, 0.717) is 29.7 Å². The summed E-state index contributed by atoms with van der Waals surface area (Å²) in [6, 6.07) is 24.1. The van der Waals surface area contributed by atoms with Gasteiger partial charge in [0, 0.05) is 24.5 Å². The number of ether oxygens (including phenoxy) is 1. The molecule has 0 aromatic heterocycles. The van der Waals surface area contributed by atoms with E-state index < -0.39 is 6.04 Å². The summed E-state index contributed by atoms with van der Waals surface area (Å²) < 4.78 is 5.84. The van der Waals surface area contributed by atoms with E-state index in [2.05, 4.69) is 19.2 Å². The van der Waals surface area contributed by atoms with E-state index in [1.54, 1.807) is 17.0 Å².